The van der Waals surface area contributed by atoms with Gasteiger partial charge in [0.25, 0.3) is 0 Å². The highest BCUT2D eigenvalue weighted by atomic mass is 19.4. The smallest absolute Gasteiger partial charge is 0.384 e. The maximum Gasteiger partial charge on any atom is 0.401 e. The number of aromatic nitrogens is 2. The third-order valence-corrected chi connectivity index (χ3v) is 2.87. The summed E-state index contributed by atoms with van der Waals surface area (Å²) in [6.45, 7) is 4.42. The Balaban J connectivity index is 2.90. The molecule has 0 saturated heterocycles. The van der Waals surface area contributed by atoms with E-state index < -0.39 is 12.7 Å². The molecule has 1 aromatic rings. The van der Waals surface area contributed by atoms with Crippen LogP contribution in [0.4, 0.5) is 19.0 Å². The van der Waals surface area contributed by atoms with E-state index in [2.05, 4.69) is 5.10 Å². The van der Waals surface area contributed by atoms with Crippen LogP contribution in [-0.4, -0.2) is 33.4 Å². The molecule has 0 spiro atoms. The van der Waals surface area contributed by atoms with Crippen LogP contribution in [0, 0.1) is 6.92 Å². The van der Waals surface area contributed by atoms with Gasteiger partial charge in [0.2, 0.25) is 0 Å². The largest absolute Gasteiger partial charge is 0.401 e. The van der Waals surface area contributed by atoms with Crippen LogP contribution in [-0.2, 0) is 13.6 Å². The van der Waals surface area contributed by atoms with Gasteiger partial charge in [0, 0.05) is 25.2 Å². The standard InChI is InChI=1S/C11H19F3N4/c1-7(2)18(6-11(12,13)14)5-9-8(3)16-17(4)10(9)15/h7H,5-6,15H2,1-4H3. The van der Waals surface area contributed by atoms with E-state index >= 15 is 0 Å². The average Bonchev–Trinajstić information content (AvgIpc) is 2.41. The van der Waals surface area contributed by atoms with Crippen molar-refractivity contribution in [1.29, 1.82) is 0 Å². The molecular weight excluding hydrogens is 245 g/mol. The van der Waals surface area contributed by atoms with E-state index in [0.717, 1.165) is 0 Å². The van der Waals surface area contributed by atoms with E-state index in [9.17, 15) is 13.2 Å². The van der Waals surface area contributed by atoms with Crippen molar-refractivity contribution in [2.75, 3.05) is 12.3 Å². The van der Waals surface area contributed by atoms with E-state index in [1.807, 2.05) is 0 Å². The Bertz CT molecular complexity index is 409. The first kappa shape index (κ1) is 14.8. The van der Waals surface area contributed by atoms with Crippen molar-refractivity contribution in [3.63, 3.8) is 0 Å². The zero-order valence-electron chi connectivity index (χ0n) is 11.0. The number of anilines is 1. The molecule has 4 nitrogen and oxygen atoms in total. The van der Waals surface area contributed by atoms with Gasteiger partial charge in [-0.25, -0.2) is 0 Å². The lowest BCUT2D eigenvalue weighted by molar-refractivity contribution is -0.150. The zero-order valence-corrected chi connectivity index (χ0v) is 11.0. The fourth-order valence-corrected chi connectivity index (χ4v) is 1.77. The Kier molecular flexibility index (Phi) is 4.26. The molecule has 0 aromatic carbocycles. The summed E-state index contributed by atoms with van der Waals surface area (Å²) in [5.41, 5.74) is 7.14. The van der Waals surface area contributed by atoms with Gasteiger partial charge in [0.05, 0.1) is 12.2 Å². The van der Waals surface area contributed by atoms with Gasteiger partial charge in [0.1, 0.15) is 5.82 Å². The number of nitrogen functional groups attached to an aromatic ring is 1. The van der Waals surface area contributed by atoms with Gasteiger partial charge in [0.15, 0.2) is 0 Å². The molecule has 0 bridgehead atoms. The Morgan fingerprint density at radius 2 is 1.94 bits per heavy atom. The van der Waals surface area contributed by atoms with E-state index in [4.69, 9.17) is 5.73 Å². The molecule has 0 aliphatic carbocycles. The quantitative estimate of drug-likeness (QED) is 0.905. The number of alkyl halides is 3. The molecule has 0 saturated carbocycles. The Hall–Kier alpha value is -1.24. The van der Waals surface area contributed by atoms with Crippen LogP contribution in [0.2, 0.25) is 0 Å². The topological polar surface area (TPSA) is 47.1 Å². The molecule has 0 aliphatic rings. The molecule has 7 heteroatoms. The van der Waals surface area contributed by atoms with Crippen LogP contribution in [0.15, 0.2) is 0 Å². The van der Waals surface area contributed by atoms with Crippen molar-refractivity contribution in [1.82, 2.24) is 14.7 Å². The maximum atomic E-state index is 12.5. The summed E-state index contributed by atoms with van der Waals surface area (Å²) in [7, 11) is 1.68. The Morgan fingerprint density at radius 1 is 1.39 bits per heavy atom. The number of hydrogen-bond acceptors (Lipinski definition) is 3. The highest BCUT2D eigenvalue weighted by Crippen LogP contribution is 2.23. The molecule has 0 amide bonds. The van der Waals surface area contributed by atoms with Crippen molar-refractivity contribution in [2.24, 2.45) is 7.05 Å². The molecule has 0 fully saturated rings. The van der Waals surface area contributed by atoms with Gasteiger partial charge < -0.3 is 5.73 Å². The summed E-state index contributed by atoms with van der Waals surface area (Å²) in [4.78, 5) is 1.33. The number of halogens is 3. The van der Waals surface area contributed by atoms with Gasteiger partial charge in [-0.05, 0) is 20.8 Å². The van der Waals surface area contributed by atoms with Gasteiger partial charge in [-0.3, -0.25) is 9.58 Å². The molecule has 1 heterocycles. The lowest BCUT2D eigenvalue weighted by Crippen LogP contribution is -2.38. The predicted molar refractivity (Wildman–Crippen MR) is 64.0 cm³/mol. The fourth-order valence-electron chi connectivity index (χ4n) is 1.77. The summed E-state index contributed by atoms with van der Waals surface area (Å²) in [5.74, 6) is 0.417. The monoisotopic (exact) mass is 264 g/mol. The van der Waals surface area contributed by atoms with Crippen molar-refractivity contribution < 1.29 is 13.2 Å². The second-order valence-corrected chi connectivity index (χ2v) is 4.69. The Morgan fingerprint density at radius 3 is 2.28 bits per heavy atom. The molecule has 18 heavy (non-hydrogen) atoms. The van der Waals surface area contributed by atoms with E-state index in [-0.39, 0.29) is 12.6 Å². The van der Waals surface area contributed by atoms with Crippen LogP contribution in [0.25, 0.3) is 0 Å². The number of nitrogens with zero attached hydrogens (tertiary/aromatic N) is 3. The Labute approximate surface area is 105 Å². The molecule has 0 radical (unpaired) electrons. The van der Waals surface area contributed by atoms with Gasteiger partial charge >= 0.3 is 6.18 Å². The van der Waals surface area contributed by atoms with Gasteiger partial charge in [-0.1, -0.05) is 0 Å². The normalized spacial score (nSPS) is 12.7. The summed E-state index contributed by atoms with van der Waals surface area (Å²) < 4.78 is 38.9. The molecule has 2 N–H and O–H groups in total. The third-order valence-electron chi connectivity index (χ3n) is 2.87. The summed E-state index contributed by atoms with van der Waals surface area (Å²) in [5, 5.41) is 4.10. The van der Waals surface area contributed by atoms with Crippen molar-refractivity contribution in [3.05, 3.63) is 11.3 Å². The van der Waals surface area contributed by atoms with Crippen LogP contribution < -0.4 is 5.73 Å². The van der Waals surface area contributed by atoms with Crippen molar-refractivity contribution >= 4 is 5.82 Å². The molecule has 104 valence electrons. The SMILES string of the molecule is Cc1nn(C)c(N)c1CN(CC(F)(F)F)C(C)C. The summed E-state index contributed by atoms with van der Waals surface area (Å²) in [6, 6.07) is -0.217. The van der Waals surface area contributed by atoms with E-state index in [1.54, 1.807) is 27.8 Å². The van der Waals surface area contributed by atoms with Gasteiger partial charge in [-0.15, -0.1) is 0 Å². The van der Waals surface area contributed by atoms with Crippen LogP contribution in [0.3, 0.4) is 0 Å². The first-order chi connectivity index (χ1) is 8.11. The number of aryl methyl sites for hydroxylation is 2. The van der Waals surface area contributed by atoms with Gasteiger partial charge in [-0.2, -0.15) is 18.3 Å². The minimum absolute atomic E-state index is 0.155. The van der Waals surface area contributed by atoms with Crippen LogP contribution in [0.1, 0.15) is 25.1 Å². The lowest BCUT2D eigenvalue weighted by Gasteiger charge is -2.27. The molecule has 0 atom stereocenters. The predicted octanol–water partition coefficient (Wildman–Crippen LogP) is 2.08. The maximum absolute atomic E-state index is 12.5. The van der Waals surface area contributed by atoms with Crippen LogP contribution >= 0.6 is 0 Å². The third kappa shape index (κ3) is 3.63. The van der Waals surface area contributed by atoms with E-state index in [1.165, 1.54) is 9.58 Å². The zero-order chi connectivity index (χ0) is 14.1. The molecule has 0 unspecified atom stereocenters. The average molecular weight is 264 g/mol. The van der Waals surface area contributed by atoms with Crippen molar-refractivity contribution in [2.45, 2.75) is 39.5 Å². The number of nitrogens with two attached hydrogens (primary N) is 1. The molecule has 1 aromatic heterocycles. The first-order valence-corrected chi connectivity index (χ1v) is 5.70. The molecule has 1 rings (SSSR count). The lowest BCUT2D eigenvalue weighted by atomic mass is 10.2. The molecular formula is C11H19F3N4. The van der Waals surface area contributed by atoms with Crippen LogP contribution in [0.5, 0.6) is 0 Å². The van der Waals surface area contributed by atoms with Crippen molar-refractivity contribution in [3.8, 4) is 0 Å². The fraction of sp³-hybridized carbons (Fsp3) is 0.727. The number of hydrogen-bond donors (Lipinski definition) is 1. The highest BCUT2D eigenvalue weighted by molar-refractivity contribution is 5.42. The second-order valence-electron chi connectivity index (χ2n) is 4.69. The molecule has 0 aliphatic heterocycles. The second kappa shape index (κ2) is 5.17. The highest BCUT2D eigenvalue weighted by Gasteiger charge is 2.32. The number of rotatable bonds is 4. The summed E-state index contributed by atoms with van der Waals surface area (Å²) >= 11 is 0. The first-order valence-electron chi connectivity index (χ1n) is 5.70. The van der Waals surface area contributed by atoms with E-state index in [0.29, 0.717) is 17.1 Å². The summed E-state index contributed by atoms with van der Waals surface area (Å²) in [6.07, 6.45) is -4.21. The minimum atomic E-state index is -4.21. The minimum Gasteiger partial charge on any atom is -0.384 e.